The SMILES string of the molecule is COc1cc2cc[nH]c2cc1-n1ccc(=O)[nH]c1=O. The quantitative estimate of drug-likeness (QED) is 0.719. The molecule has 0 atom stereocenters. The van der Waals surface area contributed by atoms with E-state index in [-0.39, 0.29) is 0 Å². The van der Waals surface area contributed by atoms with Crippen LogP contribution >= 0.6 is 0 Å². The summed E-state index contributed by atoms with van der Waals surface area (Å²) in [6, 6.07) is 6.84. The third kappa shape index (κ3) is 1.83. The minimum Gasteiger partial charge on any atom is -0.495 e. The van der Waals surface area contributed by atoms with Crippen LogP contribution in [0.2, 0.25) is 0 Å². The molecule has 0 saturated heterocycles. The lowest BCUT2D eigenvalue weighted by Crippen LogP contribution is -2.27. The lowest BCUT2D eigenvalue weighted by molar-refractivity contribution is 0.413. The molecule has 6 heteroatoms. The molecule has 6 nitrogen and oxygen atoms in total. The maximum Gasteiger partial charge on any atom is 0.333 e. The minimum atomic E-state index is -0.503. The van der Waals surface area contributed by atoms with Crippen LogP contribution in [0.25, 0.3) is 16.6 Å². The predicted octanol–water partition coefficient (Wildman–Crippen LogP) is 1.02. The van der Waals surface area contributed by atoms with Crippen molar-refractivity contribution in [2.75, 3.05) is 7.11 Å². The molecule has 3 aromatic rings. The van der Waals surface area contributed by atoms with Crippen LogP contribution in [-0.2, 0) is 0 Å². The molecule has 0 aliphatic heterocycles. The van der Waals surface area contributed by atoms with Crippen molar-refractivity contribution in [3.63, 3.8) is 0 Å². The molecular weight excluding hydrogens is 246 g/mol. The highest BCUT2D eigenvalue weighted by molar-refractivity contribution is 5.84. The number of rotatable bonds is 2. The summed E-state index contributed by atoms with van der Waals surface area (Å²) in [4.78, 5) is 28.2. The van der Waals surface area contributed by atoms with E-state index in [9.17, 15) is 9.59 Å². The maximum absolute atomic E-state index is 11.8. The Morgan fingerprint density at radius 1 is 1.21 bits per heavy atom. The Kier molecular flexibility index (Phi) is 2.49. The van der Waals surface area contributed by atoms with Crippen molar-refractivity contribution < 1.29 is 4.74 Å². The van der Waals surface area contributed by atoms with Gasteiger partial charge in [0.2, 0.25) is 0 Å². The summed E-state index contributed by atoms with van der Waals surface area (Å²) in [6.45, 7) is 0. The second-order valence-electron chi connectivity index (χ2n) is 4.07. The summed E-state index contributed by atoms with van der Waals surface area (Å²) >= 11 is 0. The molecule has 96 valence electrons. The molecule has 0 spiro atoms. The number of ether oxygens (including phenoxy) is 1. The van der Waals surface area contributed by atoms with Gasteiger partial charge in [0.05, 0.1) is 12.8 Å². The number of nitrogens with zero attached hydrogens (tertiary/aromatic N) is 1. The maximum atomic E-state index is 11.8. The van der Waals surface area contributed by atoms with Crippen LogP contribution in [0, 0.1) is 0 Å². The number of nitrogens with one attached hydrogen (secondary N) is 2. The van der Waals surface area contributed by atoms with Gasteiger partial charge in [-0.05, 0) is 18.2 Å². The van der Waals surface area contributed by atoms with E-state index in [1.165, 1.54) is 23.9 Å². The Bertz CT molecular complexity index is 857. The normalized spacial score (nSPS) is 10.8. The van der Waals surface area contributed by atoms with E-state index >= 15 is 0 Å². The summed E-state index contributed by atoms with van der Waals surface area (Å²) < 4.78 is 6.63. The molecule has 0 amide bonds. The number of fused-ring (bicyclic) bond motifs is 1. The van der Waals surface area contributed by atoms with E-state index in [1.54, 1.807) is 6.07 Å². The predicted molar refractivity (Wildman–Crippen MR) is 71.1 cm³/mol. The Morgan fingerprint density at radius 2 is 2.05 bits per heavy atom. The average Bonchev–Trinajstić information content (AvgIpc) is 2.84. The highest BCUT2D eigenvalue weighted by Gasteiger charge is 2.09. The zero-order valence-corrected chi connectivity index (χ0v) is 10.1. The van der Waals surface area contributed by atoms with Crippen molar-refractivity contribution in [2.24, 2.45) is 0 Å². The van der Waals surface area contributed by atoms with Crippen LogP contribution in [0.3, 0.4) is 0 Å². The third-order valence-electron chi connectivity index (χ3n) is 2.94. The molecule has 19 heavy (non-hydrogen) atoms. The molecule has 1 aromatic carbocycles. The van der Waals surface area contributed by atoms with Crippen LogP contribution in [0.5, 0.6) is 5.75 Å². The van der Waals surface area contributed by atoms with Crippen LogP contribution in [0.1, 0.15) is 0 Å². The number of methoxy groups -OCH3 is 1. The van der Waals surface area contributed by atoms with Crippen LogP contribution in [-0.4, -0.2) is 21.6 Å². The van der Waals surface area contributed by atoms with Crippen molar-refractivity contribution in [1.29, 1.82) is 0 Å². The average molecular weight is 257 g/mol. The van der Waals surface area contributed by atoms with Crippen molar-refractivity contribution >= 4 is 10.9 Å². The smallest absolute Gasteiger partial charge is 0.333 e. The summed E-state index contributed by atoms with van der Waals surface area (Å²) in [5.74, 6) is 0.557. The molecule has 0 aliphatic rings. The molecule has 2 aromatic heterocycles. The van der Waals surface area contributed by atoms with Crippen LogP contribution in [0.15, 0.2) is 46.2 Å². The van der Waals surface area contributed by atoms with Gasteiger partial charge in [0.1, 0.15) is 5.75 Å². The second-order valence-corrected chi connectivity index (χ2v) is 4.07. The standard InChI is InChI=1S/C13H11N3O3/c1-19-11-6-8-2-4-14-9(8)7-10(11)16-5-3-12(17)15-13(16)18/h2-7,14H,1H3,(H,15,17,18). The van der Waals surface area contributed by atoms with E-state index in [2.05, 4.69) is 9.97 Å². The minimum absolute atomic E-state index is 0.429. The largest absolute Gasteiger partial charge is 0.495 e. The van der Waals surface area contributed by atoms with Crippen molar-refractivity contribution in [3.8, 4) is 11.4 Å². The zero-order chi connectivity index (χ0) is 13.4. The van der Waals surface area contributed by atoms with Crippen molar-refractivity contribution in [3.05, 3.63) is 57.5 Å². The van der Waals surface area contributed by atoms with Gasteiger partial charge in [-0.15, -0.1) is 0 Å². The number of hydrogen-bond acceptors (Lipinski definition) is 3. The van der Waals surface area contributed by atoms with Gasteiger partial charge in [-0.25, -0.2) is 4.79 Å². The summed E-state index contributed by atoms with van der Waals surface area (Å²) in [5, 5.41) is 0.984. The first-order chi connectivity index (χ1) is 9.19. The van der Waals surface area contributed by atoms with Gasteiger partial charge in [-0.1, -0.05) is 0 Å². The fourth-order valence-electron chi connectivity index (χ4n) is 2.03. The van der Waals surface area contributed by atoms with Gasteiger partial charge in [0.15, 0.2) is 0 Å². The number of aromatic nitrogens is 3. The second kappa shape index (κ2) is 4.16. The molecule has 0 fully saturated rings. The van der Waals surface area contributed by atoms with Crippen LogP contribution in [0.4, 0.5) is 0 Å². The van der Waals surface area contributed by atoms with Gasteiger partial charge < -0.3 is 9.72 Å². The molecule has 0 saturated carbocycles. The molecule has 0 unspecified atom stereocenters. The molecule has 2 heterocycles. The number of aromatic amines is 2. The Labute approximate surface area is 107 Å². The van der Waals surface area contributed by atoms with Crippen LogP contribution < -0.4 is 16.0 Å². The lowest BCUT2D eigenvalue weighted by Gasteiger charge is -2.10. The van der Waals surface area contributed by atoms with E-state index in [1.807, 2.05) is 18.3 Å². The molecule has 2 N–H and O–H groups in total. The van der Waals surface area contributed by atoms with Gasteiger partial charge in [0, 0.05) is 29.4 Å². The van der Waals surface area contributed by atoms with Gasteiger partial charge in [-0.3, -0.25) is 14.3 Å². The molecule has 3 rings (SSSR count). The topological polar surface area (TPSA) is 79.9 Å². The van der Waals surface area contributed by atoms with E-state index in [0.29, 0.717) is 11.4 Å². The number of H-pyrrole nitrogens is 2. The number of benzene rings is 1. The summed E-state index contributed by atoms with van der Waals surface area (Å²) in [6.07, 6.45) is 3.23. The Morgan fingerprint density at radius 3 is 2.79 bits per heavy atom. The highest BCUT2D eigenvalue weighted by Crippen LogP contribution is 2.27. The van der Waals surface area contributed by atoms with Crippen molar-refractivity contribution in [2.45, 2.75) is 0 Å². The van der Waals surface area contributed by atoms with Gasteiger partial charge in [0.25, 0.3) is 5.56 Å². The van der Waals surface area contributed by atoms with Gasteiger partial charge >= 0.3 is 5.69 Å². The van der Waals surface area contributed by atoms with Gasteiger partial charge in [-0.2, -0.15) is 0 Å². The van der Waals surface area contributed by atoms with E-state index in [4.69, 9.17) is 4.74 Å². The number of hydrogen-bond donors (Lipinski definition) is 2. The fraction of sp³-hybridized carbons (Fsp3) is 0.0769. The highest BCUT2D eigenvalue weighted by atomic mass is 16.5. The summed E-state index contributed by atoms with van der Waals surface area (Å²) in [5.41, 5.74) is 0.519. The first-order valence-corrected chi connectivity index (χ1v) is 5.66. The third-order valence-corrected chi connectivity index (χ3v) is 2.94. The molecule has 0 radical (unpaired) electrons. The molecular formula is C13H11N3O3. The van der Waals surface area contributed by atoms with E-state index < -0.39 is 11.2 Å². The molecule has 0 aliphatic carbocycles. The first kappa shape index (κ1) is 11.3. The summed E-state index contributed by atoms with van der Waals surface area (Å²) in [7, 11) is 1.54. The first-order valence-electron chi connectivity index (χ1n) is 5.66. The molecule has 0 bridgehead atoms. The lowest BCUT2D eigenvalue weighted by atomic mass is 10.2. The van der Waals surface area contributed by atoms with Crippen molar-refractivity contribution in [1.82, 2.24) is 14.5 Å². The van der Waals surface area contributed by atoms with E-state index in [0.717, 1.165) is 10.9 Å². The Balaban J connectivity index is 2.33. The zero-order valence-electron chi connectivity index (χ0n) is 10.1. The monoisotopic (exact) mass is 257 g/mol. The fourth-order valence-corrected chi connectivity index (χ4v) is 2.03. The Hall–Kier alpha value is -2.76.